The van der Waals surface area contributed by atoms with Gasteiger partial charge in [-0.15, -0.1) is 10.2 Å². The first kappa shape index (κ1) is 23.6. The fourth-order valence-electron chi connectivity index (χ4n) is 3.74. The van der Waals surface area contributed by atoms with Gasteiger partial charge in [-0.1, -0.05) is 42.5 Å². The molecule has 34 heavy (non-hydrogen) atoms. The van der Waals surface area contributed by atoms with Crippen LogP contribution in [0.4, 0.5) is 5.69 Å². The lowest BCUT2D eigenvalue weighted by atomic mass is 9.99. The van der Waals surface area contributed by atoms with Crippen molar-refractivity contribution >= 4 is 36.7 Å². The Morgan fingerprint density at radius 2 is 1.50 bits per heavy atom. The van der Waals surface area contributed by atoms with Gasteiger partial charge in [0.1, 0.15) is 27.8 Å². The summed E-state index contributed by atoms with van der Waals surface area (Å²) in [7, 11) is -9.05. The van der Waals surface area contributed by atoms with Gasteiger partial charge in [0, 0.05) is 16.8 Å². The zero-order chi connectivity index (χ0) is 24.8. The minimum absolute atomic E-state index is 0.0737. The maximum Gasteiger partial charge on any atom is 0.295 e. The number of aliphatic hydroxyl groups excluding tert-OH is 1. The molecule has 1 aliphatic carbocycles. The smallest absolute Gasteiger partial charge is 0.295 e. The number of aliphatic hydroxyl groups is 1. The van der Waals surface area contributed by atoms with Gasteiger partial charge in [0.15, 0.2) is 0 Å². The van der Waals surface area contributed by atoms with Gasteiger partial charge in [-0.05, 0) is 30.2 Å². The second-order valence-corrected chi connectivity index (χ2v) is 10.4. The Bertz CT molecular complexity index is 1640. The molecule has 4 N–H and O–H groups in total. The molecule has 3 aromatic rings. The largest absolute Gasteiger partial charge is 0.509 e. The number of allylic oxidation sites excluding steroid dienone is 2. The van der Waals surface area contributed by atoms with Crippen LogP contribution in [0, 0.1) is 0 Å². The normalized spacial score (nSPS) is 17.0. The van der Waals surface area contributed by atoms with Crippen LogP contribution in [0.1, 0.15) is 18.4 Å². The highest BCUT2D eigenvalue weighted by Crippen LogP contribution is 2.42. The minimum Gasteiger partial charge on any atom is -0.509 e. The van der Waals surface area contributed by atoms with Crippen LogP contribution in [0.5, 0.6) is 5.75 Å². The number of azo groups is 1. The Morgan fingerprint density at radius 3 is 2.15 bits per heavy atom. The molecule has 0 aromatic heterocycles. The molecule has 0 amide bonds. The molecule has 0 aliphatic heterocycles. The lowest BCUT2D eigenvalue weighted by Crippen LogP contribution is -2.02. The molecule has 0 spiro atoms. The number of phenolic OH excluding ortho intramolecular Hbond substituents is 1. The summed E-state index contributed by atoms with van der Waals surface area (Å²) in [5, 5.41) is 29.6. The molecule has 10 nitrogen and oxygen atoms in total. The van der Waals surface area contributed by atoms with Crippen LogP contribution in [-0.2, 0) is 20.2 Å². The van der Waals surface area contributed by atoms with Crippen molar-refractivity contribution in [2.75, 3.05) is 0 Å². The molecule has 0 fully saturated rings. The number of fused-ring (bicyclic) bond motifs is 1. The zero-order valence-electron chi connectivity index (χ0n) is 17.5. The van der Waals surface area contributed by atoms with Gasteiger partial charge in [-0.2, -0.15) is 16.8 Å². The molecular weight excluding hydrogens is 484 g/mol. The predicted molar refractivity (Wildman–Crippen MR) is 122 cm³/mol. The van der Waals surface area contributed by atoms with Crippen LogP contribution in [0.2, 0.25) is 0 Å². The third kappa shape index (κ3) is 4.31. The van der Waals surface area contributed by atoms with E-state index in [0.29, 0.717) is 11.1 Å². The lowest BCUT2D eigenvalue weighted by Gasteiger charge is -2.10. The zero-order valence-corrected chi connectivity index (χ0v) is 19.1. The van der Waals surface area contributed by atoms with E-state index in [1.807, 2.05) is 0 Å². The number of aromatic hydroxyl groups is 1. The SMILES string of the molecule is CC1=CC(c2cccc(S(=O)(=O)O)c2)C(O)=C1/N=N/c1c(O)cc(S(=O)(=O)O)c2ccccc12. The Kier molecular flexibility index (Phi) is 5.77. The molecule has 1 unspecified atom stereocenters. The fourth-order valence-corrected chi connectivity index (χ4v) is 4.99. The van der Waals surface area contributed by atoms with E-state index in [4.69, 9.17) is 0 Å². The Hall–Kier alpha value is -3.58. The van der Waals surface area contributed by atoms with Crippen molar-refractivity contribution in [3.63, 3.8) is 0 Å². The highest BCUT2D eigenvalue weighted by Gasteiger charge is 2.27. The number of benzene rings is 3. The summed E-state index contributed by atoms with van der Waals surface area (Å²) in [6, 6.07) is 12.4. The molecular formula is C22H18N2O8S2. The van der Waals surface area contributed by atoms with Crippen molar-refractivity contribution in [2.45, 2.75) is 22.6 Å². The third-order valence-electron chi connectivity index (χ3n) is 5.33. The summed E-state index contributed by atoms with van der Waals surface area (Å²) in [6.07, 6.45) is 1.63. The molecule has 0 saturated heterocycles. The van der Waals surface area contributed by atoms with Gasteiger partial charge in [0.2, 0.25) is 0 Å². The predicted octanol–water partition coefficient (Wildman–Crippen LogP) is 4.64. The van der Waals surface area contributed by atoms with Gasteiger partial charge < -0.3 is 10.2 Å². The summed E-state index contributed by atoms with van der Waals surface area (Å²) < 4.78 is 65.1. The van der Waals surface area contributed by atoms with E-state index >= 15 is 0 Å². The molecule has 0 saturated carbocycles. The maximum atomic E-state index is 11.7. The molecule has 4 rings (SSSR count). The molecule has 176 valence electrons. The number of hydrogen-bond acceptors (Lipinski definition) is 8. The van der Waals surface area contributed by atoms with E-state index in [0.717, 1.165) is 6.07 Å². The molecule has 12 heteroatoms. The van der Waals surface area contributed by atoms with Crippen molar-refractivity contribution in [2.24, 2.45) is 10.2 Å². The molecule has 1 atom stereocenters. The first-order valence-corrected chi connectivity index (χ1v) is 12.6. The van der Waals surface area contributed by atoms with Gasteiger partial charge in [-0.25, -0.2) is 0 Å². The minimum atomic E-state index is -4.62. The molecule has 3 aromatic carbocycles. The average molecular weight is 503 g/mol. The van der Waals surface area contributed by atoms with E-state index in [1.165, 1.54) is 30.3 Å². The second-order valence-electron chi connectivity index (χ2n) is 7.57. The highest BCUT2D eigenvalue weighted by molar-refractivity contribution is 7.86. The van der Waals surface area contributed by atoms with Crippen molar-refractivity contribution in [1.82, 2.24) is 0 Å². The molecule has 0 radical (unpaired) electrons. The van der Waals surface area contributed by atoms with E-state index < -0.39 is 36.8 Å². The van der Waals surface area contributed by atoms with Gasteiger partial charge in [0.25, 0.3) is 20.2 Å². The summed E-state index contributed by atoms with van der Waals surface area (Å²) in [4.78, 5) is -0.813. The molecule has 0 bridgehead atoms. The number of hydrogen-bond donors (Lipinski definition) is 4. The maximum absolute atomic E-state index is 11.7. The van der Waals surface area contributed by atoms with Crippen LogP contribution < -0.4 is 0 Å². The van der Waals surface area contributed by atoms with Crippen LogP contribution in [0.15, 0.2) is 97.7 Å². The van der Waals surface area contributed by atoms with Crippen molar-refractivity contribution in [3.05, 3.63) is 83.3 Å². The quantitative estimate of drug-likeness (QED) is 0.288. The first-order valence-electron chi connectivity index (χ1n) is 9.71. The van der Waals surface area contributed by atoms with Gasteiger partial charge in [-0.3, -0.25) is 9.11 Å². The van der Waals surface area contributed by atoms with Crippen molar-refractivity contribution < 1.29 is 36.2 Å². The molecule has 1 aliphatic rings. The number of rotatable bonds is 5. The Balaban J connectivity index is 1.79. The molecule has 0 heterocycles. The second kappa shape index (κ2) is 8.33. The van der Waals surface area contributed by atoms with Crippen LogP contribution in [0.3, 0.4) is 0 Å². The number of nitrogens with zero attached hydrogens (tertiary/aromatic N) is 2. The third-order valence-corrected chi connectivity index (χ3v) is 7.07. The topological polar surface area (TPSA) is 174 Å². The number of phenols is 1. The van der Waals surface area contributed by atoms with Crippen LogP contribution in [-0.4, -0.2) is 36.2 Å². The first-order chi connectivity index (χ1) is 15.9. The van der Waals surface area contributed by atoms with Gasteiger partial charge >= 0.3 is 0 Å². The van der Waals surface area contributed by atoms with E-state index in [1.54, 1.807) is 31.2 Å². The monoisotopic (exact) mass is 502 g/mol. The summed E-state index contributed by atoms with van der Waals surface area (Å²) in [6.45, 7) is 1.65. The van der Waals surface area contributed by atoms with Crippen molar-refractivity contribution in [1.29, 1.82) is 0 Å². The summed E-state index contributed by atoms with van der Waals surface area (Å²) in [5.74, 6) is -1.53. The summed E-state index contributed by atoms with van der Waals surface area (Å²) >= 11 is 0. The van der Waals surface area contributed by atoms with E-state index in [-0.39, 0.29) is 32.8 Å². The highest BCUT2D eigenvalue weighted by atomic mass is 32.2. The van der Waals surface area contributed by atoms with E-state index in [2.05, 4.69) is 10.2 Å². The lowest BCUT2D eigenvalue weighted by molar-refractivity contribution is 0.382. The van der Waals surface area contributed by atoms with Gasteiger partial charge in [0.05, 0.1) is 10.8 Å². The Labute approximate surface area is 194 Å². The van der Waals surface area contributed by atoms with Crippen LogP contribution in [0.25, 0.3) is 10.8 Å². The van der Waals surface area contributed by atoms with E-state index in [9.17, 15) is 36.2 Å². The fraction of sp³-hybridized carbons (Fsp3) is 0.0909. The van der Waals surface area contributed by atoms with Crippen LogP contribution >= 0.6 is 0 Å². The average Bonchev–Trinajstić information content (AvgIpc) is 3.05. The van der Waals surface area contributed by atoms with Crippen molar-refractivity contribution in [3.8, 4) is 5.75 Å². The Morgan fingerprint density at radius 1 is 0.824 bits per heavy atom. The summed E-state index contributed by atoms with van der Waals surface area (Å²) in [5.41, 5.74) is 0.905. The standard InChI is InChI=1S/C22H18N2O8S2/c1-12-9-17(13-5-4-6-14(10-13)33(27,28)29)22(26)20(12)23-24-21-16-8-3-2-7-15(16)19(11-18(21)25)34(30,31)32/h2-11,17,25-26H,1H3,(H,27,28,29)(H,30,31,32)/b24-23+.